The normalized spacial score (nSPS) is 17.2. The summed E-state index contributed by atoms with van der Waals surface area (Å²) in [6.45, 7) is 10.2. The van der Waals surface area contributed by atoms with Crippen LogP contribution in [0.25, 0.3) is 11.1 Å². The molecule has 1 saturated heterocycles. The maximum absolute atomic E-state index is 15.5. The number of alkyl carbamates (subject to hydrolysis) is 1. The number of rotatable bonds is 5. The number of nitrogens with zero attached hydrogens (tertiary/aromatic N) is 2. The molecule has 3 aromatic rings. The molecule has 2 N–H and O–H groups in total. The van der Waals surface area contributed by atoms with Gasteiger partial charge in [-0.05, 0) is 69.9 Å². The zero-order valence-electron chi connectivity index (χ0n) is 23.4. The lowest BCUT2D eigenvalue weighted by Gasteiger charge is -2.39. The van der Waals surface area contributed by atoms with E-state index in [9.17, 15) is 22.8 Å². The van der Waals surface area contributed by atoms with Crippen LogP contribution in [0.1, 0.15) is 50.0 Å². The summed E-state index contributed by atoms with van der Waals surface area (Å²) in [4.78, 5) is 31.8. The van der Waals surface area contributed by atoms with Crippen molar-refractivity contribution in [2.75, 3.05) is 23.3 Å². The van der Waals surface area contributed by atoms with Crippen molar-refractivity contribution in [3.8, 4) is 11.1 Å². The van der Waals surface area contributed by atoms with E-state index in [4.69, 9.17) is 4.74 Å². The number of carbonyl (C=O) groups excluding carboxylic acids is 2. The van der Waals surface area contributed by atoms with Crippen molar-refractivity contribution < 1.29 is 31.9 Å². The van der Waals surface area contributed by atoms with Crippen molar-refractivity contribution in [3.05, 3.63) is 77.1 Å². The van der Waals surface area contributed by atoms with Crippen molar-refractivity contribution >= 4 is 23.4 Å². The Hall–Kier alpha value is -4.15. The van der Waals surface area contributed by atoms with Gasteiger partial charge in [-0.3, -0.25) is 9.78 Å². The Balaban J connectivity index is 1.63. The van der Waals surface area contributed by atoms with Gasteiger partial charge in [-0.2, -0.15) is 0 Å². The van der Waals surface area contributed by atoms with E-state index in [1.165, 1.54) is 6.20 Å². The van der Waals surface area contributed by atoms with Crippen LogP contribution in [0.4, 0.5) is 33.7 Å². The van der Waals surface area contributed by atoms with E-state index >= 15 is 4.39 Å². The highest BCUT2D eigenvalue weighted by Gasteiger charge is 2.31. The largest absolute Gasteiger partial charge is 0.444 e. The first-order valence-electron chi connectivity index (χ1n) is 13.2. The van der Waals surface area contributed by atoms with Crippen molar-refractivity contribution in [3.63, 3.8) is 0 Å². The number of ether oxygens (including phenoxy) is 1. The van der Waals surface area contributed by atoms with Crippen LogP contribution >= 0.6 is 0 Å². The first-order chi connectivity index (χ1) is 19.2. The lowest BCUT2D eigenvalue weighted by molar-refractivity contribution is 0.0495. The number of aryl methyl sites for hydroxylation is 1. The van der Waals surface area contributed by atoms with E-state index in [1.54, 1.807) is 33.9 Å². The quantitative estimate of drug-likeness (QED) is 0.337. The molecule has 4 rings (SSSR count). The minimum Gasteiger partial charge on any atom is -0.444 e. The van der Waals surface area contributed by atoms with Crippen LogP contribution in [0, 0.1) is 36.1 Å². The molecular formula is C30H32F4N4O3. The molecule has 2 aromatic carbocycles. The summed E-state index contributed by atoms with van der Waals surface area (Å²) in [5, 5.41) is 5.53. The summed E-state index contributed by atoms with van der Waals surface area (Å²) in [5.41, 5.74) is -1.56. The van der Waals surface area contributed by atoms with Gasteiger partial charge in [0.2, 0.25) is 0 Å². The molecule has 7 nitrogen and oxygen atoms in total. The maximum Gasteiger partial charge on any atom is 0.407 e. The summed E-state index contributed by atoms with van der Waals surface area (Å²) in [6.07, 6.45) is 3.18. The van der Waals surface area contributed by atoms with Gasteiger partial charge in [0.1, 0.15) is 28.9 Å². The third-order valence-electron chi connectivity index (χ3n) is 6.59. The number of piperidine rings is 1. The van der Waals surface area contributed by atoms with Gasteiger partial charge in [0, 0.05) is 25.3 Å². The number of anilines is 2. The van der Waals surface area contributed by atoms with Crippen LogP contribution in [0.5, 0.6) is 0 Å². The summed E-state index contributed by atoms with van der Waals surface area (Å²) in [6, 6.07) is 4.26. The molecule has 0 unspecified atom stereocenters. The highest BCUT2D eigenvalue weighted by atomic mass is 19.1. The molecule has 0 aliphatic carbocycles. The predicted octanol–water partition coefficient (Wildman–Crippen LogP) is 6.61. The minimum absolute atomic E-state index is 0.160. The summed E-state index contributed by atoms with van der Waals surface area (Å²) >= 11 is 0. The van der Waals surface area contributed by atoms with E-state index in [0.29, 0.717) is 30.8 Å². The van der Waals surface area contributed by atoms with Gasteiger partial charge in [0.05, 0.1) is 34.3 Å². The SMILES string of the molecule is Cc1cncc(NC(=O)c2ccc(F)c(-c3c(F)cccc3F)c2F)c1N1C[C@H](C)C[C@H](NC(=O)OC(C)(C)C)C1. The van der Waals surface area contributed by atoms with Crippen molar-refractivity contribution in [2.24, 2.45) is 5.92 Å². The Labute approximate surface area is 235 Å². The molecule has 1 aromatic heterocycles. The molecule has 1 aliphatic heterocycles. The fourth-order valence-corrected chi connectivity index (χ4v) is 5.07. The van der Waals surface area contributed by atoms with Gasteiger partial charge in [0.15, 0.2) is 0 Å². The highest BCUT2D eigenvalue weighted by molar-refractivity contribution is 6.07. The first-order valence-corrected chi connectivity index (χ1v) is 13.2. The van der Waals surface area contributed by atoms with E-state index in [2.05, 4.69) is 15.6 Å². The first kappa shape index (κ1) is 29.8. The van der Waals surface area contributed by atoms with Crippen LogP contribution in [-0.4, -0.2) is 41.7 Å². The van der Waals surface area contributed by atoms with E-state index in [1.807, 2.05) is 11.8 Å². The van der Waals surface area contributed by atoms with Gasteiger partial charge in [0.25, 0.3) is 5.91 Å². The van der Waals surface area contributed by atoms with Crippen molar-refractivity contribution in [2.45, 2.75) is 52.7 Å². The number of aromatic nitrogens is 1. The molecular weight excluding hydrogens is 540 g/mol. The molecule has 218 valence electrons. The number of halogens is 4. The molecule has 2 atom stereocenters. The third-order valence-corrected chi connectivity index (χ3v) is 6.59. The second kappa shape index (κ2) is 11.8. The number of hydrogen-bond acceptors (Lipinski definition) is 5. The molecule has 0 radical (unpaired) electrons. The Kier molecular flexibility index (Phi) is 8.55. The average Bonchev–Trinajstić information content (AvgIpc) is 2.84. The fraction of sp³-hybridized carbons (Fsp3) is 0.367. The van der Waals surface area contributed by atoms with Crippen LogP contribution in [-0.2, 0) is 4.74 Å². The van der Waals surface area contributed by atoms with E-state index in [0.717, 1.165) is 30.3 Å². The van der Waals surface area contributed by atoms with E-state index in [-0.39, 0.29) is 17.6 Å². The fourth-order valence-electron chi connectivity index (χ4n) is 5.07. The number of pyridine rings is 1. The second-order valence-corrected chi connectivity index (χ2v) is 11.3. The van der Waals surface area contributed by atoms with Gasteiger partial charge in [-0.25, -0.2) is 22.4 Å². The molecule has 1 aliphatic rings. The number of amides is 2. The van der Waals surface area contributed by atoms with Crippen LogP contribution < -0.4 is 15.5 Å². The van der Waals surface area contributed by atoms with Crippen LogP contribution in [0.3, 0.4) is 0 Å². The molecule has 2 amide bonds. The number of hydrogen-bond donors (Lipinski definition) is 2. The zero-order chi connectivity index (χ0) is 30.1. The number of nitrogens with one attached hydrogen (secondary N) is 2. The lowest BCUT2D eigenvalue weighted by atomic mass is 9.95. The molecule has 1 fully saturated rings. The molecule has 41 heavy (non-hydrogen) atoms. The minimum atomic E-state index is -1.40. The average molecular weight is 573 g/mol. The molecule has 2 heterocycles. The monoisotopic (exact) mass is 572 g/mol. The molecule has 0 spiro atoms. The van der Waals surface area contributed by atoms with Crippen LogP contribution in [0.2, 0.25) is 0 Å². The Bertz CT molecular complexity index is 1450. The second-order valence-electron chi connectivity index (χ2n) is 11.3. The highest BCUT2D eigenvalue weighted by Crippen LogP contribution is 2.35. The zero-order valence-corrected chi connectivity index (χ0v) is 23.4. The van der Waals surface area contributed by atoms with Gasteiger partial charge >= 0.3 is 6.09 Å². The number of benzene rings is 2. The summed E-state index contributed by atoms with van der Waals surface area (Å²) in [7, 11) is 0. The van der Waals surface area contributed by atoms with E-state index < -0.39 is 57.6 Å². The summed E-state index contributed by atoms with van der Waals surface area (Å²) < 4.78 is 64.3. The Morgan fingerprint density at radius 3 is 2.29 bits per heavy atom. The van der Waals surface area contributed by atoms with Gasteiger partial charge in [-0.1, -0.05) is 13.0 Å². The maximum atomic E-state index is 15.5. The molecule has 0 bridgehead atoms. The Morgan fingerprint density at radius 1 is 0.976 bits per heavy atom. The van der Waals surface area contributed by atoms with Gasteiger partial charge < -0.3 is 20.3 Å². The Morgan fingerprint density at radius 2 is 1.63 bits per heavy atom. The summed E-state index contributed by atoms with van der Waals surface area (Å²) in [5.74, 6) is -5.75. The van der Waals surface area contributed by atoms with Crippen LogP contribution in [0.15, 0.2) is 42.7 Å². The predicted molar refractivity (Wildman–Crippen MR) is 148 cm³/mol. The topological polar surface area (TPSA) is 83.6 Å². The lowest BCUT2D eigenvalue weighted by Crippen LogP contribution is -2.51. The molecule has 11 heteroatoms. The van der Waals surface area contributed by atoms with Crippen molar-refractivity contribution in [1.82, 2.24) is 10.3 Å². The van der Waals surface area contributed by atoms with Gasteiger partial charge in [-0.15, -0.1) is 0 Å². The third kappa shape index (κ3) is 6.78. The smallest absolute Gasteiger partial charge is 0.407 e. The van der Waals surface area contributed by atoms with Crippen molar-refractivity contribution in [1.29, 1.82) is 0 Å². The number of carbonyl (C=O) groups is 2. The standard InChI is InChI=1S/C30H32F4N4O3/c1-16-11-18(36-29(40)41-30(3,4)5)15-38(14-16)27-17(2)12-35-13-23(27)37-28(39)19-9-10-22(33)25(26(19)34)24-20(31)7-6-8-21(24)32/h6-10,12-13,16,18H,11,14-15H2,1-5H3,(H,36,40)(H,37,39)/t16-,18+/m1/s1. The molecule has 0 saturated carbocycles.